The lowest BCUT2D eigenvalue weighted by Gasteiger charge is -2.15. The summed E-state index contributed by atoms with van der Waals surface area (Å²) in [4.78, 5) is 0. The number of anilines is 1. The van der Waals surface area contributed by atoms with Crippen LogP contribution in [0, 0.1) is 12.7 Å². The maximum Gasteiger partial charge on any atom is 0.128 e. The molecule has 0 spiro atoms. The summed E-state index contributed by atoms with van der Waals surface area (Å²) in [6.45, 7) is 6.16. The van der Waals surface area contributed by atoms with Crippen molar-refractivity contribution in [3.8, 4) is 0 Å². The first kappa shape index (κ1) is 14.0. The molecule has 0 bridgehead atoms. The summed E-state index contributed by atoms with van der Waals surface area (Å²) >= 11 is 0. The number of hydrogen-bond acceptors (Lipinski definition) is 1. The van der Waals surface area contributed by atoms with E-state index in [-0.39, 0.29) is 5.82 Å². The number of benzene rings is 1. The molecule has 0 saturated heterocycles. The van der Waals surface area contributed by atoms with Crippen LogP contribution in [0.1, 0.15) is 51.5 Å². The lowest BCUT2D eigenvalue weighted by Crippen LogP contribution is -2.15. The van der Waals surface area contributed by atoms with Gasteiger partial charge >= 0.3 is 0 Å². The van der Waals surface area contributed by atoms with Crippen molar-refractivity contribution in [1.82, 2.24) is 0 Å². The van der Waals surface area contributed by atoms with Gasteiger partial charge in [-0.2, -0.15) is 0 Å². The summed E-state index contributed by atoms with van der Waals surface area (Å²) in [5.74, 6) is -0.131. The first-order valence-corrected chi connectivity index (χ1v) is 6.66. The molecule has 96 valence electrons. The standard InChI is InChI=1S/C15H24FN/c1-4-5-6-7-8-13(3)17-14-10-9-12(2)15(16)11-14/h9-11,13,17H,4-8H2,1-3H3. The van der Waals surface area contributed by atoms with E-state index in [1.165, 1.54) is 25.7 Å². The Labute approximate surface area is 104 Å². The third kappa shape index (κ3) is 5.20. The molecule has 1 N–H and O–H groups in total. The fourth-order valence-electron chi connectivity index (χ4n) is 1.92. The Morgan fingerprint density at radius 1 is 1.24 bits per heavy atom. The highest BCUT2D eigenvalue weighted by atomic mass is 19.1. The molecule has 1 nitrogen and oxygen atoms in total. The van der Waals surface area contributed by atoms with E-state index in [2.05, 4.69) is 19.2 Å². The fourth-order valence-corrected chi connectivity index (χ4v) is 1.92. The van der Waals surface area contributed by atoms with E-state index >= 15 is 0 Å². The Hall–Kier alpha value is -1.05. The van der Waals surface area contributed by atoms with Crippen molar-refractivity contribution in [2.45, 2.75) is 58.9 Å². The molecule has 1 unspecified atom stereocenters. The summed E-state index contributed by atoms with van der Waals surface area (Å²) < 4.78 is 13.3. The molecule has 2 heteroatoms. The molecule has 17 heavy (non-hydrogen) atoms. The van der Waals surface area contributed by atoms with Crippen LogP contribution in [0.2, 0.25) is 0 Å². The zero-order valence-electron chi connectivity index (χ0n) is 11.2. The minimum atomic E-state index is -0.131. The highest BCUT2D eigenvalue weighted by Gasteiger charge is 2.04. The van der Waals surface area contributed by atoms with Crippen LogP contribution >= 0.6 is 0 Å². The molecule has 1 rings (SSSR count). The van der Waals surface area contributed by atoms with Crippen LogP contribution in [0.4, 0.5) is 10.1 Å². The first-order valence-electron chi connectivity index (χ1n) is 6.66. The zero-order chi connectivity index (χ0) is 12.7. The predicted molar refractivity (Wildman–Crippen MR) is 73.0 cm³/mol. The number of nitrogens with one attached hydrogen (secondary N) is 1. The van der Waals surface area contributed by atoms with Crippen LogP contribution in [0.25, 0.3) is 0 Å². The van der Waals surface area contributed by atoms with E-state index < -0.39 is 0 Å². The zero-order valence-corrected chi connectivity index (χ0v) is 11.2. The van der Waals surface area contributed by atoms with Gasteiger partial charge in [0.05, 0.1) is 0 Å². The summed E-state index contributed by atoms with van der Waals surface area (Å²) in [5, 5.41) is 3.35. The molecular formula is C15H24FN. The molecule has 0 saturated carbocycles. The molecule has 1 aromatic rings. The third-order valence-electron chi connectivity index (χ3n) is 3.08. The molecule has 1 atom stereocenters. The molecule has 0 aliphatic carbocycles. The molecule has 0 aliphatic rings. The average Bonchev–Trinajstić information content (AvgIpc) is 2.30. The minimum Gasteiger partial charge on any atom is -0.383 e. The van der Waals surface area contributed by atoms with Crippen molar-refractivity contribution < 1.29 is 4.39 Å². The van der Waals surface area contributed by atoms with Crippen molar-refractivity contribution in [2.75, 3.05) is 5.32 Å². The van der Waals surface area contributed by atoms with Gasteiger partial charge in [0.1, 0.15) is 5.82 Å². The lowest BCUT2D eigenvalue weighted by molar-refractivity contribution is 0.592. The van der Waals surface area contributed by atoms with Crippen LogP contribution in [0.3, 0.4) is 0 Å². The number of unbranched alkanes of at least 4 members (excludes halogenated alkanes) is 3. The van der Waals surface area contributed by atoms with Gasteiger partial charge in [0.25, 0.3) is 0 Å². The monoisotopic (exact) mass is 237 g/mol. The van der Waals surface area contributed by atoms with E-state index in [1.807, 2.05) is 12.1 Å². The van der Waals surface area contributed by atoms with Gasteiger partial charge in [-0.05, 0) is 38.0 Å². The average molecular weight is 237 g/mol. The van der Waals surface area contributed by atoms with E-state index in [0.29, 0.717) is 11.6 Å². The Kier molecular flexibility index (Phi) is 6.03. The third-order valence-corrected chi connectivity index (χ3v) is 3.08. The number of halogens is 1. The maximum absolute atomic E-state index is 13.3. The predicted octanol–water partition coefficient (Wildman–Crippen LogP) is 4.90. The fraction of sp³-hybridized carbons (Fsp3) is 0.600. The Morgan fingerprint density at radius 2 is 2.00 bits per heavy atom. The second-order valence-electron chi connectivity index (χ2n) is 4.86. The molecule has 0 amide bonds. The summed E-state index contributed by atoms with van der Waals surface area (Å²) in [7, 11) is 0. The van der Waals surface area contributed by atoms with E-state index in [9.17, 15) is 4.39 Å². The minimum absolute atomic E-state index is 0.131. The highest BCUT2D eigenvalue weighted by molar-refractivity contribution is 5.45. The van der Waals surface area contributed by atoms with Gasteiger partial charge in [-0.15, -0.1) is 0 Å². The van der Waals surface area contributed by atoms with Crippen molar-refractivity contribution in [2.24, 2.45) is 0 Å². The van der Waals surface area contributed by atoms with Gasteiger partial charge in [-0.25, -0.2) is 4.39 Å². The van der Waals surface area contributed by atoms with Gasteiger partial charge in [0, 0.05) is 11.7 Å². The molecule has 0 radical (unpaired) electrons. The first-order chi connectivity index (χ1) is 8.13. The Balaban J connectivity index is 2.34. The van der Waals surface area contributed by atoms with Gasteiger partial charge in [-0.3, -0.25) is 0 Å². The van der Waals surface area contributed by atoms with Crippen molar-refractivity contribution in [3.05, 3.63) is 29.6 Å². The van der Waals surface area contributed by atoms with Gasteiger partial charge in [-0.1, -0.05) is 38.7 Å². The van der Waals surface area contributed by atoms with E-state index in [1.54, 1.807) is 13.0 Å². The maximum atomic E-state index is 13.3. The number of aryl methyl sites for hydroxylation is 1. The molecule has 0 fully saturated rings. The van der Waals surface area contributed by atoms with Crippen molar-refractivity contribution in [1.29, 1.82) is 0 Å². The van der Waals surface area contributed by atoms with Crippen LogP contribution < -0.4 is 5.32 Å². The van der Waals surface area contributed by atoms with Crippen LogP contribution in [0.5, 0.6) is 0 Å². The van der Waals surface area contributed by atoms with Crippen LogP contribution in [-0.4, -0.2) is 6.04 Å². The second kappa shape index (κ2) is 7.31. The topological polar surface area (TPSA) is 12.0 Å². The van der Waals surface area contributed by atoms with Crippen LogP contribution in [0.15, 0.2) is 18.2 Å². The number of rotatable bonds is 7. The van der Waals surface area contributed by atoms with Gasteiger partial charge in [0.15, 0.2) is 0 Å². The van der Waals surface area contributed by atoms with Gasteiger partial charge < -0.3 is 5.32 Å². The molecule has 1 aromatic carbocycles. The second-order valence-corrected chi connectivity index (χ2v) is 4.86. The summed E-state index contributed by atoms with van der Waals surface area (Å²) in [5.41, 5.74) is 1.59. The molecule has 0 aromatic heterocycles. The smallest absolute Gasteiger partial charge is 0.128 e. The quantitative estimate of drug-likeness (QED) is 0.665. The molecule has 0 heterocycles. The Bertz CT molecular complexity index is 336. The number of hydrogen-bond donors (Lipinski definition) is 1. The van der Waals surface area contributed by atoms with Crippen LogP contribution in [-0.2, 0) is 0 Å². The lowest BCUT2D eigenvalue weighted by atomic mass is 10.1. The highest BCUT2D eigenvalue weighted by Crippen LogP contribution is 2.16. The largest absolute Gasteiger partial charge is 0.383 e. The summed E-state index contributed by atoms with van der Waals surface area (Å²) in [6.07, 6.45) is 6.27. The van der Waals surface area contributed by atoms with Crippen molar-refractivity contribution in [3.63, 3.8) is 0 Å². The SMILES string of the molecule is CCCCCCC(C)Nc1ccc(C)c(F)c1. The molecular weight excluding hydrogens is 213 g/mol. The Morgan fingerprint density at radius 3 is 2.65 bits per heavy atom. The summed E-state index contributed by atoms with van der Waals surface area (Å²) in [6, 6.07) is 5.76. The normalized spacial score (nSPS) is 12.5. The van der Waals surface area contributed by atoms with E-state index in [0.717, 1.165) is 12.1 Å². The van der Waals surface area contributed by atoms with E-state index in [4.69, 9.17) is 0 Å². The van der Waals surface area contributed by atoms with Gasteiger partial charge in [0.2, 0.25) is 0 Å². The molecule has 0 aliphatic heterocycles. The van der Waals surface area contributed by atoms with Crippen molar-refractivity contribution >= 4 is 5.69 Å².